The number of nitrogens with one attached hydrogen (secondary N) is 1. The maximum Gasteiger partial charge on any atom is 0.172 e. The molecule has 0 radical (unpaired) electrons. The maximum absolute atomic E-state index is 6.36. The molecular formula is C14H18ClN3S. The van der Waals surface area contributed by atoms with Crippen molar-refractivity contribution in [2.24, 2.45) is 7.05 Å². The molecule has 0 fully saturated rings. The van der Waals surface area contributed by atoms with Gasteiger partial charge in [-0.1, -0.05) is 36.4 Å². The van der Waals surface area contributed by atoms with Crippen molar-refractivity contribution in [2.45, 2.75) is 29.9 Å². The van der Waals surface area contributed by atoms with E-state index in [1.54, 1.807) is 18.0 Å². The Labute approximate surface area is 123 Å². The van der Waals surface area contributed by atoms with Gasteiger partial charge in [0.15, 0.2) is 5.16 Å². The van der Waals surface area contributed by atoms with Crippen molar-refractivity contribution in [3.63, 3.8) is 0 Å². The maximum atomic E-state index is 6.36. The number of imidazole rings is 1. The topological polar surface area (TPSA) is 29.9 Å². The van der Waals surface area contributed by atoms with Crippen LogP contribution in [0.1, 0.15) is 25.5 Å². The van der Waals surface area contributed by atoms with Crippen molar-refractivity contribution in [1.82, 2.24) is 14.9 Å². The Kier molecular flexibility index (Phi) is 4.91. The molecule has 1 N–H and O–H groups in total. The van der Waals surface area contributed by atoms with Crippen LogP contribution in [0.3, 0.4) is 0 Å². The molecule has 5 heteroatoms. The first-order valence-electron chi connectivity index (χ1n) is 6.29. The third kappa shape index (κ3) is 3.53. The Morgan fingerprint density at radius 2 is 2.26 bits per heavy atom. The van der Waals surface area contributed by atoms with Crippen LogP contribution >= 0.6 is 23.4 Å². The summed E-state index contributed by atoms with van der Waals surface area (Å²) in [7, 11) is 1.98. The van der Waals surface area contributed by atoms with E-state index in [9.17, 15) is 0 Å². The van der Waals surface area contributed by atoms with Crippen LogP contribution in [0.2, 0.25) is 5.02 Å². The van der Waals surface area contributed by atoms with Gasteiger partial charge in [-0.25, -0.2) is 4.98 Å². The zero-order chi connectivity index (χ0) is 13.8. The smallest absolute Gasteiger partial charge is 0.172 e. The number of rotatable bonds is 5. The van der Waals surface area contributed by atoms with Gasteiger partial charge in [-0.05, 0) is 31.2 Å². The van der Waals surface area contributed by atoms with E-state index in [0.29, 0.717) is 6.04 Å². The van der Waals surface area contributed by atoms with Gasteiger partial charge >= 0.3 is 0 Å². The Morgan fingerprint density at radius 1 is 1.47 bits per heavy atom. The fourth-order valence-corrected chi connectivity index (χ4v) is 2.95. The second-order valence-corrected chi connectivity index (χ2v) is 5.81. The van der Waals surface area contributed by atoms with Gasteiger partial charge in [-0.2, -0.15) is 0 Å². The summed E-state index contributed by atoms with van der Waals surface area (Å²) < 4.78 is 1.98. The number of aryl methyl sites for hydroxylation is 1. The van der Waals surface area contributed by atoms with Crippen molar-refractivity contribution in [2.75, 3.05) is 6.54 Å². The fraction of sp³-hybridized carbons (Fsp3) is 0.357. The molecule has 0 amide bonds. The van der Waals surface area contributed by atoms with Crippen LogP contribution in [-0.2, 0) is 7.05 Å². The van der Waals surface area contributed by atoms with E-state index in [2.05, 4.69) is 36.3 Å². The summed E-state index contributed by atoms with van der Waals surface area (Å²) in [6.45, 7) is 5.19. The van der Waals surface area contributed by atoms with Gasteiger partial charge in [0.25, 0.3) is 0 Å². The number of nitrogens with zero attached hydrogens (tertiary/aromatic N) is 2. The van der Waals surface area contributed by atoms with Crippen molar-refractivity contribution >= 4 is 23.4 Å². The quantitative estimate of drug-likeness (QED) is 0.907. The summed E-state index contributed by atoms with van der Waals surface area (Å²) in [6.07, 6.45) is 3.72. The summed E-state index contributed by atoms with van der Waals surface area (Å²) in [5, 5.41) is 5.09. The Morgan fingerprint density at radius 3 is 2.84 bits per heavy atom. The predicted octanol–water partition coefficient (Wildman–Crippen LogP) is 3.90. The van der Waals surface area contributed by atoms with Crippen LogP contribution < -0.4 is 5.32 Å². The highest BCUT2D eigenvalue weighted by Crippen LogP contribution is 2.33. The summed E-state index contributed by atoms with van der Waals surface area (Å²) in [5.41, 5.74) is 1.20. The van der Waals surface area contributed by atoms with E-state index in [1.807, 2.05) is 23.9 Å². The molecule has 0 saturated heterocycles. The lowest BCUT2D eigenvalue weighted by Crippen LogP contribution is -2.17. The Balaban J connectivity index is 2.18. The first-order chi connectivity index (χ1) is 9.11. The highest BCUT2D eigenvalue weighted by atomic mass is 35.5. The first-order valence-corrected chi connectivity index (χ1v) is 7.49. The normalized spacial score (nSPS) is 12.6. The molecule has 102 valence electrons. The Bertz CT molecular complexity index is 553. The van der Waals surface area contributed by atoms with Crippen molar-refractivity contribution in [1.29, 1.82) is 0 Å². The number of halogens is 1. The predicted molar refractivity (Wildman–Crippen MR) is 80.9 cm³/mol. The molecular weight excluding hydrogens is 278 g/mol. The summed E-state index contributed by atoms with van der Waals surface area (Å²) in [5.74, 6) is 0. The third-order valence-corrected chi connectivity index (χ3v) is 4.52. The lowest BCUT2D eigenvalue weighted by molar-refractivity contribution is 0.598. The molecule has 0 aliphatic heterocycles. The molecule has 0 bridgehead atoms. The summed E-state index contributed by atoms with van der Waals surface area (Å²) in [4.78, 5) is 5.33. The zero-order valence-corrected chi connectivity index (χ0v) is 12.9. The van der Waals surface area contributed by atoms with Crippen LogP contribution in [0.4, 0.5) is 0 Å². The van der Waals surface area contributed by atoms with E-state index in [0.717, 1.165) is 21.6 Å². The minimum atomic E-state index is 0.315. The van der Waals surface area contributed by atoms with Gasteiger partial charge in [-0.15, -0.1) is 0 Å². The Hall–Kier alpha value is -0.970. The van der Waals surface area contributed by atoms with Crippen molar-refractivity contribution < 1.29 is 0 Å². The van der Waals surface area contributed by atoms with Crippen molar-refractivity contribution in [3.05, 3.63) is 41.2 Å². The molecule has 3 nitrogen and oxygen atoms in total. The van der Waals surface area contributed by atoms with E-state index in [4.69, 9.17) is 11.6 Å². The van der Waals surface area contributed by atoms with Gasteiger partial charge in [0.05, 0.1) is 5.02 Å². The van der Waals surface area contributed by atoms with Crippen LogP contribution in [0.5, 0.6) is 0 Å². The van der Waals surface area contributed by atoms with Gasteiger partial charge in [0.1, 0.15) is 0 Å². The second-order valence-electron chi connectivity index (χ2n) is 4.39. The minimum Gasteiger partial charge on any atom is -0.329 e. The molecule has 1 heterocycles. The summed E-state index contributed by atoms with van der Waals surface area (Å²) >= 11 is 7.94. The van der Waals surface area contributed by atoms with Crippen LogP contribution in [0.25, 0.3) is 0 Å². The number of aromatic nitrogens is 2. The highest BCUT2D eigenvalue weighted by Gasteiger charge is 2.10. The van der Waals surface area contributed by atoms with Gasteiger partial charge in [0, 0.05) is 30.4 Å². The SMILES string of the molecule is CCNC(C)c1ccc(Sc2nccn2C)c(Cl)c1. The lowest BCUT2D eigenvalue weighted by atomic mass is 10.1. The molecule has 1 atom stereocenters. The molecule has 0 saturated carbocycles. The second kappa shape index (κ2) is 6.46. The van der Waals surface area contributed by atoms with E-state index >= 15 is 0 Å². The van der Waals surface area contributed by atoms with E-state index in [1.165, 1.54) is 5.56 Å². The molecule has 2 rings (SSSR count). The van der Waals surface area contributed by atoms with Crippen LogP contribution in [-0.4, -0.2) is 16.1 Å². The van der Waals surface area contributed by atoms with E-state index < -0.39 is 0 Å². The highest BCUT2D eigenvalue weighted by molar-refractivity contribution is 7.99. The minimum absolute atomic E-state index is 0.315. The van der Waals surface area contributed by atoms with Crippen LogP contribution in [0.15, 0.2) is 40.6 Å². The monoisotopic (exact) mass is 295 g/mol. The molecule has 1 aromatic carbocycles. The molecule has 1 unspecified atom stereocenters. The molecule has 2 aromatic rings. The first kappa shape index (κ1) is 14.4. The fourth-order valence-electron chi connectivity index (χ4n) is 1.84. The molecule has 0 aliphatic rings. The standard InChI is InChI=1S/C14H18ClN3S/c1-4-16-10(2)11-5-6-13(12(15)9-11)19-14-17-7-8-18(14)3/h5-10,16H,4H2,1-3H3. The number of hydrogen-bond donors (Lipinski definition) is 1. The molecule has 1 aromatic heterocycles. The number of hydrogen-bond acceptors (Lipinski definition) is 3. The average Bonchev–Trinajstić information content (AvgIpc) is 2.78. The summed E-state index contributed by atoms with van der Waals surface area (Å²) in [6, 6.07) is 6.52. The van der Waals surface area contributed by atoms with Gasteiger partial charge < -0.3 is 9.88 Å². The van der Waals surface area contributed by atoms with Gasteiger partial charge in [-0.3, -0.25) is 0 Å². The third-order valence-electron chi connectivity index (χ3n) is 2.94. The lowest BCUT2D eigenvalue weighted by Gasteiger charge is -2.14. The van der Waals surface area contributed by atoms with E-state index in [-0.39, 0.29) is 0 Å². The van der Waals surface area contributed by atoms with Crippen molar-refractivity contribution in [3.8, 4) is 0 Å². The average molecular weight is 296 g/mol. The largest absolute Gasteiger partial charge is 0.329 e. The molecule has 19 heavy (non-hydrogen) atoms. The van der Waals surface area contributed by atoms with Gasteiger partial charge in [0.2, 0.25) is 0 Å². The molecule has 0 aliphatic carbocycles. The number of benzene rings is 1. The van der Waals surface area contributed by atoms with Crippen LogP contribution in [0, 0.1) is 0 Å². The molecule has 0 spiro atoms. The zero-order valence-electron chi connectivity index (χ0n) is 11.4.